The number of ether oxygens (including phenoxy) is 1. The summed E-state index contributed by atoms with van der Waals surface area (Å²) in [7, 11) is 3.03. The van der Waals surface area contributed by atoms with Gasteiger partial charge in [-0.25, -0.2) is 0 Å². The number of carbonyl (C=O) groups excluding carboxylic acids is 2. The first kappa shape index (κ1) is 27.6. The van der Waals surface area contributed by atoms with Crippen LogP contribution in [0.4, 0.5) is 0 Å². The molecule has 5 N–H and O–H groups in total. The van der Waals surface area contributed by atoms with Crippen LogP contribution in [0.1, 0.15) is 46.8 Å². The average molecular weight is 501 g/mol. The number of amides is 1. The highest BCUT2D eigenvalue weighted by molar-refractivity contribution is 5.97. The third-order valence-electron chi connectivity index (χ3n) is 6.59. The molecule has 3 aromatic rings. The standard InChI is InChI=1S/C30H36N4O3/c1-4-27(26(18-28(35)37-3)16-20-7-5-10-25(15-20)29(32)33-2)34-30(36)23-13-11-22(12-14-23)24-9-6-8-21(17-24)19-31/h5-15,17,26-27H,4,16,18-19,31H2,1-3H3,(H2,32,33)(H,34,36). The summed E-state index contributed by atoms with van der Waals surface area (Å²) in [6.45, 7) is 2.48. The molecular weight excluding hydrogens is 464 g/mol. The highest BCUT2D eigenvalue weighted by atomic mass is 16.5. The van der Waals surface area contributed by atoms with Gasteiger partial charge in [0.25, 0.3) is 5.91 Å². The maximum atomic E-state index is 13.2. The molecule has 0 saturated carbocycles. The normalized spacial score (nSPS) is 13.0. The fraction of sp³-hybridized carbons (Fsp3) is 0.300. The minimum Gasteiger partial charge on any atom is -0.469 e. The smallest absolute Gasteiger partial charge is 0.305 e. The average Bonchev–Trinajstić information content (AvgIpc) is 2.95. The Bertz CT molecular complexity index is 1240. The second kappa shape index (κ2) is 13.4. The number of hydrogen-bond acceptors (Lipinski definition) is 5. The summed E-state index contributed by atoms with van der Waals surface area (Å²) in [5.41, 5.74) is 17.3. The first-order valence-corrected chi connectivity index (χ1v) is 12.5. The van der Waals surface area contributed by atoms with Gasteiger partial charge in [-0.1, -0.05) is 55.5 Å². The lowest BCUT2D eigenvalue weighted by molar-refractivity contribution is -0.142. The highest BCUT2D eigenvalue weighted by Crippen LogP contribution is 2.23. The molecule has 7 heteroatoms. The molecule has 0 bridgehead atoms. The maximum absolute atomic E-state index is 13.2. The van der Waals surface area contributed by atoms with Crippen LogP contribution in [0.25, 0.3) is 11.1 Å². The van der Waals surface area contributed by atoms with Crippen LogP contribution in [0.2, 0.25) is 0 Å². The van der Waals surface area contributed by atoms with Gasteiger partial charge < -0.3 is 21.5 Å². The van der Waals surface area contributed by atoms with Gasteiger partial charge in [-0.3, -0.25) is 14.6 Å². The minimum absolute atomic E-state index is 0.158. The van der Waals surface area contributed by atoms with E-state index in [0.717, 1.165) is 27.8 Å². The number of benzene rings is 3. The SMILES string of the molecule is CCC(NC(=O)c1ccc(-c2cccc(CN)c2)cc1)C(CC(=O)OC)Cc1cccc(C(N)=NC)c1. The van der Waals surface area contributed by atoms with E-state index >= 15 is 0 Å². The lowest BCUT2D eigenvalue weighted by atomic mass is 9.87. The Labute approximate surface area is 218 Å². The van der Waals surface area contributed by atoms with Gasteiger partial charge in [0.05, 0.1) is 13.5 Å². The Hall–Kier alpha value is -3.97. The summed E-state index contributed by atoms with van der Waals surface area (Å²) in [5.74, 6) is -0.202. The first-order valence-electron chi connectivity index (χ1n) is 12.5. The van der Waals surface area contributed by atoms with Gasteiger partial charge in [-0.2, -0.15) is 0 Å². The quantitative estimate of drug-likeness (QED) is 0.208. The molecular formula is C30H36N4O3. The van der Waals surface area contributed by atoms with E-state index in [9.17, 15) is 9.59 Å². The van der Waals surface area contributed by atoms with Crippen molar-refractivity contribution in [3.8, 4) is 11.1 Å². The number of hydrogen-bond donors (Lipinski definition) is 3. The van der Waals surface area contributed by atoms with Crippen molar-refractivity contribution in [3.05, 3.63) is 95.1 Å². The molecule has 0 spiro atoms. The van der Waals surface area contributed by atoms with Crippen molar-refractivity contribution in [2.75, 3.05) is 14.2 Å². The molecule has 0 saturated heterocycles. The molecule has 2 unspecified atom stereocenters. The van der Waals surface area contributed by atoms with Gasteiger partial charge in [0, 0.05) is 30.8 Å². The minimum atomic E-state index is -0.312. The first-order chi connectivity index (χ1) is 17.9. The molecule has 0 aliphatic heterocycles. The monoisotopic (exact) mass is 500 g/mol. The molecule has 0 aliphatic carbocycles. The van der Waals surface area contributed by atoms with E-state index in [1.165, 1.54) is 7.11 Å². The third kappa shape index (κ3) is 7.51. The molecule has 0 heterocycles. The molecule has 7 nitrogen and oxygen atoms in total. The molecule has 0 aliphatic rings. The summed E-state index contributed by atoms with van der Waals surface area (Å²) in [5, 5.41) is 3.15. The highest BCUT2D eigenvalue weighted by Gasteiger charge is 2.26. The van der Waals surface area contributed by atoms with Crippen LogP contribution in [0.15, 0.2) is 77.8 Å². The lowest BCUT2D eigenvalue weighted by Crippen LogP contribution is -2.41. The van der Waals surface area contributed by atoms with Crippen molar-refractivity contribution in [3.63, 3.8) is 0 Å². The van der Waals surface area contributed by atoms with Crippen molar-refractivity contribution in [1.82, 2.24) is 5.32 Å². The predicted molar refractivity (Wildman–Crippen MR) is 148 cm³/mol. The van der Waals surface area contributed by atoms with Crippen molar-refractivity contribution in [2.24, 2.45) is 22.4 Å². The fourth-order valence-electron chi connectivity index (χ4n) is 4.44. The number of methoxy groups -OCH3 is 1. The third-order valence-corrected chi connectivity index (χ3v) is 6.59. The van der Waals surface area contributed by atoms with Crippen molar-refractivity contribution in [2.45, 2.75) is 38.8 Å². The Morgan fingerprint density at radius 2 is 1.65 bits per heavy atom. The van der Waals surface area contributed by atoms with Gasteiger partial charge in [-0.15, -0.1) is 0 Å². The van der Waals surface area contributed by atoms with E-state index < -0.39 is 0 Å². The van der Waals surface area contributed by atoms with Crippen LogP contribution in [0.3, 0.4) is 0 Å². The molecule has 194 valence electrons. The molecule has 0 fully saturated rings. The molecule has 3 aromatic carbocycles. The topological polar surface area (TPSA) is 120 Å². The predicted octanol–water partition coefficient (Wildman–Crippen LogP) is 4.08. The number of nitrogens with zero attached hydrogens (tertiary/aromatic N) is 1. The zero-order valence-electron chi connectivity index (χ0n) is 21.7. The van der Waals surface area contributed by atoms with Crippen LogP contribution in [-0.2, 0) is 22.5 Å². The molecule has 1 amide bonds. The summed E-state index contributed by atoms with van der Waals surface area (Å²) in [6.07, 6.45) is 1.43. The van der Waals surface area contributed by atoms with Crippen LogP contribution >= 0.6 is 0 Å². The second-order valence-electron chi connectivity index (χ2n) is 9.02. The zero-order chi connectivity index (χ0) is 26.8. The van der Waals surface area contributed by atoms with E-state index in [4.69, 9.17) is 16.2 Å². The molecule has 0 radical (unpaired) electrons. The largest absolute Gasteiger partial charge is 0.469 e. The summed E-state index contributed by atoms with van der Waals surface area (Å²) in [4.78, 5) is 29.5. The van der Waals surface area contributed by atoms with Gasteiger partial charge >= 0.3 is 5.97 Å². The van der Waals surface area contributed by atoms with Gasteiger partial charge in [0.1, 0.15) is 5.84 Å². The number of rotatable bonds is 11. The number of carbonyl (C=O) groups is 2. The second-order valence-corrected chi connectivity index (χ2v) is 9.02. The Kier molecular flexibility index (Phi) is 9.98. The van der Waals surface area contributed by atoms with Crippen LogP contribution in [-0.4, -0.2) is 37.9 Å². The maximum Gasteiger partial charge on any atom is 0.305 e. The number of esters is 1. The van der Waals surface area contributed by atoms with E-state index in [1.807, 2.05) is 73.7 Å². The molecule has 0 aromatic heterocycles. The number of nitrogens with one attached hydrogen (secondary N) is 1. The van der Waals surface area contributed by atoms with E-state index in [-0.39, 0.29) is 30.3 Å². The van der Waals surface area contributed by atoms with Gasteiger partial charge in [-0.05, 0) is 65.3 Å². The Morgan fingerprint density at radius 1 is 0.946 bits per heavy atom. The summed E-state index contributed by atoms with van der Waals surface area (Å²) in [6, 6.07) is 23.1. The Balaban J connectivity index is 1.78. The number of nitrogens with two attached hydrogens (primary N) is 2. The summed E-state index contributed by atoms with van der Waals surface area (Å²) < 4.78 is 4.96. The van der Waals surface area contributed by atoms with Crippen LogP contribution in [0, 0.1) is 5.92 Å². The number of aliphatic imine (C=N–C) groups is 1. The van der Waals surface area contributed by atoms with Gasteiger partial charge in [0.15, 0.2) is 0 Å². The van der Waals surface area contributed by atoms with Crippen molar-refractivity contribution in [1.29, 1.82) is 0 Å². The Morgan fingerprint density at radius 3 is 2.30 bits per heavy atom. The molecule has 2 atom stereocenters. The lowest BCUT2D eigenvalue weighted by Gasteiger charge is -2.27. The van der Waals surface area contributed by atoms with Gasteiger partial charge in [0.2, 0.25) is 0 Å². The summed E-state index contributed by atoms with van der Waals surface area (Å²) >= 11 is 0. The van der Waals surface area contributed by atoms with E-state index in [1.54, 1.807) is 7.05 Å². The number of amidine groups is 1. The van der Waals surface area contributed by atoms with E-state index in [2.05, 4.69) is 16.4 Å². The van der Waals surface area contributed by atoms with Crippen molar-refractivity contribution >= 4 is 17.7 Å². The molecule has 37 heavy (non-hydrogen) atoms. The van der Waals surface area contributed by atoms with Crippen LogP contribution in [0.5, 0.6) is 0 Å². The fourth-order valence-corrected chi connectivity index (χ4v) is 4.44. The van der Waals surface area contributed by atoms with Crippen molar-refractivity contribution < 1.29 is 14.3 Å². The van der Waals surface area contributed by atoms with E-state index in [0.29, 0.717) is 30.8 Å². The van der Waals surface area contributed by atoms with Crippen LogP contribution < -0.4 is 16.8 Å². The molecule has 3 rings (SSSR count). The zero-order valence-corrected chi connectivity index (χ0v) is 21.7.